The molecule has 1 saturated heterocycles. The number of esters is 2. The average molecular weight is 332 g/mol. The number of hydrogen-bond donors (Lipinski definition) is 0. The molecule has 2 aliphatic rings. The van der Waals surface area contributed by atoms with E-state index in [9.17, 15) is 9.59 Å². The van der Waals surface area contributed by atoms with Crippen molar-refractivity contribution in [1.82, 2.24) is 0 Å². The van der Waals surface area contributed by atoms with Crippen LogP contribution in [0.4, 0.5) is 0 Å². The third-order valence-electron chi connectivity index (χ3n) is 4.35. The summed E-state index contributed by atoms with van der Waals surface area (Å²) < 4.78 is 21.4. The predicted molar refractivity (Wildman–Crippen MR) is 85.5 cm³/mol. The van der Waals surface area contributed by atoms with Gasteiger partial charge in [0.15, 0.2) is 0 Å². The van der Waals surface area contributed by atoms with Gasteiger partial charge < -0.3 is 18.9 Å². The van der Waals surface area contributed by atoms with Gasteiger partial charge in [-0.1, -0.05) is 6.42 Å². The third-order valence-corrected chi connectivity index (χ3v) is 4.35. The van der Waals surface area contributed by atoms with Gasteiger partial charge in [-0.3, -0.25) is 0 Å². The summed E-state index contributed by atoms with van der Waals surface area (Å²) in [4.78, 5) is 24.7. The molecule has 0 amide bonds. The fourth-order valence-corrected chi connectivity index (χ4v) is 3.06. The number of carbonyl (C=O) groups is 2. The summed E-state index contributed by atoms with van der Waals surface area (Å²) >= 11 is 0. The van der Waals surface area contributed by atoms with Crippen LogP contribution in [0.1, 0.15) is 37.7 Å². The summed E-state index contributed by atoms with van der Waals surface area (Å²) in [7, 11) is 3.05. The molecule has 6 heteroatoms. The molecule has 24 heavy (non-hydrogen) atoms. The first-order valence-corrected chi connectivity index (χ1v) is 7.97. The number of carbonyl (C=O) groups excluding carboxylic acids is 2. The van der Waals surface area contributed by atoms with Gasteiger partial charge in [-0.2, -0.15) is 0 Å². The molecule has 0 radical (unpaired) electrons. The van der Waals surface area contributed by atoms with Gasteiger partial charge in [0.25, 0.3) is 5.79 Å². The van der Waals surface area contributed by atoms with Crippen LogP contribution in [-0.4, -0.2) is 31.9 Å². The molecule has 0 bridgehead atoms. The van der Waals surface area contributed by atoms with Crippen LogP contribution in [0, 0.1) is 0 Å². The Morgan fingerprint density at radius 1 is 1.00 bits per heavy atom. The summed E-state index contributed by atoms with van der Waals surface area (Å²) in [6.45, 7) is 0. The highest BCUT2D eigenvalue weighted by molar-refractivity contribution is 6.19. The molecule has 0 unspecified atom stereocenters. The number of methoxy groups -OCH3 is 2. The van der Waals surface area contributed by atoms with Crippen LogP contribution in [0.15, 0.2) is 23.8 Å². The van der Waals surface area contributed by atoms with E-state index in [2.05, 4.69) is 0 Å². The zero-order valence-electron chi connectivity index (χ0n) is 13.8. The lowest BCUT2D eigenvalue weighted by molar-refractivity contribution is -0.244. The van der Waals surface area contributed by atoms with Gasteiger partial charge in [0.1, 0.15) is 17.1 Å². The largest absolute Gasteiger partial charge is 0.497 e. The molecule has 0 N–H and O–H groups in total. The van der Waals surface area contributed by atoms with Crippen LogP contribution in [0.3, 0.4) is 0 Å². The van der Waals surface area contributed by atoms with Gasteiger partial charge >= 0.3 is 11.9 Å². The lowest BCUT2D eigenvalue weighted by Gasteiger charge is -2.38. The number of rotatable bonds is 3. The molecule has 1 aromatic rings. The first-order chi connectivity index (χ1) is 11.6. The van der Waals surface area contributed by atoms with Crippen molar-refractivity contribution in [2.45, 2.75) is 37.9 Å². The maximum Gasteiger partial charge on any atom is 0.348 e. The molecule has 0 aromatic heterocycles. The average Bonchev–Trinajstić information content (AvgIpc) is 2.59. The van der Waals surface area contributed by atoms with Crippen molar-refractivity contribution in [2.24, 2.45) is 0 Å². The second-order valence-corrected chi connectivity index (χ2v) is 5.92. The molecule has 2 fully saturated rings. The Kier molecular flexibility index (Phi) is 4.46. The second-order valence-electron chi connectivity index (χ2n) is 5.92. The molecular formula is C18H20O6. The Balaban J connectivity index is 1.88. The first kappa shape index (κ1) is 16.4. The molecule has 128 valence electrons. The van der Waals surface area contributed by atoms with Gasteiger partial charge in [-0.15, -0.1) is 0 Å². The SMILES string of the molecule is COc1ccc(C=C2C(=O)OC3(CCCCC3)OC2=O)c(OC)c1. The Morgan fingerprint density at radius 2 is 1.67 bits per heavy atom. The minimum atomic E-state index is -1.08. The molecule has 6 nitrogen and oxygen atoms in total. The van der Waals surface area contributed by atoms with E-state index in [1.807, 2.05) is 0 Å². The number of hydrogen-bond acceptors (Lipinski definition) is 6. The highest BCUT2D eigenvalue weighted by Gasteiger charge is 2.46. The highest BCUT2D eigenvalue weighted by atomic mass is 16.7. The lowest BCUT2D eigenvalue weighted by atomic mass is 9.93. The number of ether oxygens (including phenoxy) is 4. The van der Waals surface area contributed by atoms with Crippen molar-refractivity contribution < 1.29 is 28.5 Å². The predicted octanol–water partition coefficient (Wildman–Crippen LogP) is 2.85. The van der Waals surface area contributed by atoms with Gasteiger partial charge in [0.2, 0.25) is 0 Å². The summed E-state index contributed by atoms with van der Waals surface area (Å²) in [5.41, 5.74) is 0.441. The van der Waals surface area contributed by atoms with E-state index < -0.39 is 17.7 Å². The van der Waals surface area contributed by atoms with E-state index >= 15 is 0 Å². The maximum atomic E-state index is 12.3. The summed E-state index contributed by atoms with van der Waals surface area (Å²) in [6, 6.07) is 5.10. The third kappa shape index (κ3) is 3.09. The van der Waals surface area contributed by atoms with Crippen LogP contribution in [-0.2, 0) is 19.1 Å². The van der Waals surface area contributed by atoms with E-state index in [0.717, 1.165) is 19.3 Å². The molecule has 1 aliphatic heterocycles. The fraction of sp³-hybridized carbons (Fsp3) is 0.444. The second kappa shape index (κ2) is 6.55. The van der Waals surface area contributed by atoms with Crippen molar-refractivity contribution in [3.63, 3.8) is 0 Å². The van der Waals surface area contributed by atoms with Crippen molar-refractivity contribution in [1.29, 1.82) is 0 Å². The van der Waals surface area contributed by atoms with Gasteiger partial charge in [-0.25, -0.2) is 9.59 Å². The molecule has 1 saturated carbocycles. The Hall–Kier alpha value is -2.50. The van der Waals surface area contributed by atoms with E-state index in [1.165, 1.54) is 13.2 Å². The van der Waals surface area contributed by atoms with E-state index in [4.69, 9.17) is 18.9 Å². The first-order valence-electron chi connectivity index (χ1n) is 7.97. The fourth-order valence-electron chi connectivity index (χ4n) is 3.06. The Bertz CT molecular complexity index is 663. The lowest BCUT2D eigenvalue weighted by Crippen LogP contribution is -2.47. The van der Waals surface area contributed by atoms with E-state index in [-0.39, 0.29) is 5.57 Å². The van der Waals surface area contributed by atoms with Crippen molar-refractivity contribution in [3.05, 3.63) is 29.3 Å². The smallest absolute Gasteiger partial charge is 0.348 e. The molecule has 1 spiro atoms. The molecule has 0 atom stereocenters. The highest BCUT2D eigenvalue weighted by Crippen LogP contribution is 2.38. The molecule has 3 rings (SSSR count). The number of benzene rings is 1. The van der Waals surface area contributed by atoms with Gasteiger partial charge in [-0.05, 0) is 31.1 Å². The van der Waals surface area contributed by atoms with Crippen LogP contribution in [0.25, 0.3) is 6.08 Å². The van der Waals surface area contributed by atoms with E-state index in [0.29, 0.717) is 29.9 Å². The van der Waals surface area contributed by atoms with Crippen molar-refractivity contribution in [3.8, 4) is 11.5 Å². The van der Waals surface area contributed by atoms with Crippen molar-refractivity contribution in [2.75, 3.05) is 14.2 Å². The zero-order valence-corrected chi connectivity index (χ0v) is 13.8. The minimum Gasteiger partial charge on any atom is -0.497 e. The quantitative estimate of drug-likeness (QED) is 0.481. The molecular weight excluding hydrogens is 312 g/mol. The Labute approximate surface area is 140 Å². The van der Waals surface area contributed by atoms with Crippen molar-refractivity contribution >= 4 is 18.0 Å². The minimum absolute atomic E-state index is 0.130. The summed E-state index contributed by atoms with van der Waals surface area (Å²) in [6.07, 6.45) is 5.37. The van der Waals surface area contributed by atoms with Gasteiger partial charge in [0.05, 0.1) is 14.2 Å². The normalized spacial score (nSPS) is 19.5. The molecule has 1 aliphatic carbocycles. The standard InChI is InChI=1S/C18H20O6/c1-21-13-7-6-12(15(11-13)22-2)10-14-16(19)23-18(24-17(14)20)8-4-3-5-9-18/h6-7,10-11H,3-5,8-9H2,1-2H3. The van der Waals surface area contributed by atoms with Crippen LogP contribution in [0.5, 0.6) is 11.5 Å². The Morgan fingerprint density at radius 3 is 2.25 bits per heavy atom. The van der Waals surface area contributed by atoms with Crippen LogP contribution >= 0.6 is 0 Å². The molecule has 1 heterocycles. The topological polar surface area (TPSA) is 71.1 Å². The summed E-state index contributed by atoms with van der Waals surface area (Å²) in [5.74, 6) is -1.27. The molecule has 1 aromatic carbocycles. The maximum absolute atomic E-state index is 12.3. The summed E-state index contributed by atoms with van der Waals surface area (Å²) in [5, 5.41) is 0. The van der Waals surface area contributed by atoms with Gasteiger partial charge in [0, 0.05) is 24.5 Å². The van der Waals surface area contributed by atoms with Crippen LogP contribution in [0.2, 0.25) is 0 Å². The van der Waals surface area contributed by atoms with Crippen LogP contribution < -0.4 is 9.47 Å². The zero-order chi connectivity index (χ0) is 17.2. The monoisotopic (exact) mass is 332 g/mol. The van der Waals surface area contributed by atoms with E-state index in [1.54, 1.807) is 25.3 Å².